The summed E-state index contributed by atoms with van der Waals surface area (Å²) in [5, 5.41) is 7.49. The fourth-order valence-electron chi connectivity index (χ4n) is 9.85. The van der Waals surface area contributed by atoms with E-state index in [0.29, 0.717) is 0 Å². The van der Waals surface area contributed by atoms with Crippen LogP contribution in [0.25, 0.3) is 111 Å². The van der Waals surface area contributed by atoms with Gasteiger partial charge in [-0.1, -0.05) is 121 Å². The SMILES string of the molecule is c1ccc(-c2nc3cc(-n4c5ccccc5c5c6c7ccccc7n(-c7ccc(-n8c9ccccc9c9ccccc98)cc7)c6ccc54)ccc3n2-c2ccccc2)cc1. The molecular weight excluding hydrogens is 731 g/mol. The van der Waals surface area contributed by atoms with Crippen molar-refractivity contribution in [2.75, 3.05) is 0 Å². The molecular formula is C55H35N5. The maximum atomic E-state index is 5.31. The molecule has 0 amide bonds. The summed E-state index contributed by atoms with van der Waals surface area (Å²) >= 11 is 0. The van der Waals surface area contributed by atoms with Gasteiger partial charge in [0.25, 0.3) is 0 Å². The second-order valence-electron chi connectivity index (χ2n) is 15.6. The van der Waals surface area contributed by atoms with Crippen LogP contribution < -0.4 is 0 Å². The number of aromatic nitrogens is 5. The third kappa shape index (κ3) is 4.66. The molecule has 0 bridgehead atoms. The molecule has 13 rings (SSSR count). The highest BCUT2D eigenvalue weighted by Gasteiger charge is 2.22. The summed E-state index contributed by atoms with van der Waals surface area (Å²) < 4.78 is 9.50. The lowest BCUT2D eigenvalue weighted by atomic mass is 10.1. The Balaban J connectivity index is 1.02. The molecule has 0 aliphatic rings. The summed E-state index contributed by atoms with van der Waals surface area (Å²) in [6, 6.07) is 76.5. The molecule has 0 aliphatic heterocycles. The average molecular weight is 766 g/mol. The molecule has 13 aromatic rings. The quantitative estimate of drug-likeness (QED) is 0.172. The van der Waals surface area contributed by atoms with E-state index < -0.39 is 0 Å². The molecule has 0 fully saturated rings. The first kappa shape index (κ1) is 32.9. The van der Waals surface area contributed by atoms with E-state index in [1.165, 1.54) is 59.9 Å². The zero-order chi connectivity index (χ0) is 39.3. The van der Waals surface area contributed by atoms with Gasteiger partial charge in [0.05, 0.1) is 44.1 Å². The second kappa shape index (κ2) is 12.7. The molecule has 5 heteroatoms. The van der Waals surface area contributed by atoms with Crippen molar-refractivity contribution >= 4 is 76.5 Å². The highest BCUT2D eigenvalue weighted by atomic mass is 15.1. The molecule has 280 valence electrons. The van der Waals surface area contributed by atoms with Crippen LogP contribution >= 0.6 is 0 Å². The molecule has 0 saturated carbocycles. The van der Waals surface area contributed by atoms with Crippen molar-refractivity contribution in [2.45, 2.75) is 0 Å². The summed E-state index contributed by atoms with van der Waals surface area (Å²) in [6.07, 6.45) is 0. The van der Waals surface area contributed by atoms with Gasteiger partial charge in [0.15, 0.2) is 0 Å². The summed E-state index contributed by atoms with van der Waals surface area (Å²) in [4.78, 5) is 5.31. The third-order valence-electron chi connectivity index (χ3n) is 12.4. The second-order valence-corrected chi connectivity index (χ2v) is 15.6. The number of para-hydroxylation sites is 5. The molecule has 0 saturated heterocycles. The molecule has 9 aromatic carbocycles. The van der Waals surface area contributed by atoms with E-state index in [9.17, 15) is 0 Å². The smallest absolute Gasteiger partial charge is 0.145 e. The minimum Gasteiger partial charge on any atom is -0.309 e. The van der Waals surface area contributed by atoms with Gasteiger partial charge in [-0.25, -0.2) is 4.98 Å². The standard InChI is InChI=1S/C55H35N5/c1-3-15-36(16-4-1)55-56-45-35-40(31-32-50(45)60(55)37-17-5-2-6-18-37)59-49-26-14-10-22-44(49)54-52(59)34-33-51-53(54)43-21-9-13-25-48(43)58(51)39-29-27-38(28-30-39)57-46-23-11-7-19-41(46)42-20-8-12-24-47(42)57/h1-35H. The van der Waals surface area contributed by atoms with Crippen molar-refractivity contribution < 1.29 is 0 Å². The minimum atomic E-state index is 0.925. The van der Waals surface area contributed by atoms with Crippen LogP contribution in [0.4, 0.5) is 0 Å². The molecule has 0 N–H and O–H groups in total. The van der Waals surface area contributed by atoms with Crippen LogP contribution in [0.15, 0.2) is 212 Å². The Morgan fingerprint density at radius 2 is 0.650 bits per heavy atom. The predicted octanol–water partition coefficient (Wildman–Crippen LogP) is 14.0. The van der Waals surface area contributed by atoms with Gasteiger partial charge in [-0.05, 0) is 91.0 Å². The number of nitrogens with zero attached hydrogens (tertiary/aromatic N) is 5. The Hall–Kier alpha value is -8.15. The van der Waals surface area contributed by atoms with Gasteiger partial charge >= 0.3 is 0 Å². The average Bonchev–Trinajstić information content (AvgIpc) is 4.06. The Bertz CT molecular complexity index is 3750. The largest absolute Gasteiger partial charge is 0.309 e. The van der Waals surface area contributed by atoms with Gasteiger partial charge < -0.3 is 13.7 Å². The highest BCUT2D eigenvalue weighted by Crippen LogP contribution is 2.43. The molecule has 5 nitrogen and oxygen atoms in total. The molecule has 0 radical (unpaired) electrons. The number of benzene rings is 9. The highest BCUT2D eigenvalue weighted by molar-refractivity contribution is 6.29. The van der Waals surface area contributed by atoms with Crippen LogP contribution in [-0.2, 0) is 0 Å². The Kier molecular flexibility index (Phi) is 6.95. The minimum absolute atomic E-state index is 0.925. The van der Waals surface area contributed by atoms with E-state index >= 15 is 0 Å². The maximum Gasteiger partial charge on any atom is 0.145 e. The van der Waals surface area contributed by atoms with Crippen LogP contribution in [0.1, 0.15) is 0 Å². The molecule has 60 heavy (non-hydrogen) atoms. The molecule has 0 aliphatic carbocycles. The van der Waals surface area contributed by atoms with E-state index in [1.54, 1.807) is 0 Å². The zero-order valence-corrected chi connectivity index (χ0v) is 32.4. The summed E-state index contributed by atoms with van der Waals surface area (Å²) in [5.41, 5.74) is 14.6. The van der Waals surface area contributed by atoms with Gasteiger partial charge in [-0.2, -0.15) is 0 Å². The molecule has 4 aromatic heterocycles. The van der Waals surface area contributed by atoms with Gasteiger partial charge in [0.2, 0.25) is 0 Å². The van der Waals surface area contributed by atoms with Gasteiger partial charge in [0, 0.05) is 60.6 Å². The fourth-order valence-corrected chi connectivity index (χ4v) is 9.85. The first-order valence-corrected chi connectivity index (χ1v) is 20.5. The monoisotopic (exact) mass is 765 g/mol. The first-order chi connectivity index (χ1) is 29.8. The summed E-state index contributed by atoms with van der Waals surface area (Å²) in [7, 11) is 0. The molecule has 0 spiro atoms. The van der Waals surface area contributed by atoms with E-state index in [1.807, 2.05) is 0 Å². The first-order valence-electron chi connectivity index (χ1n) is 20.5. The third-order valence-corrected chi connectivity index (χ3v) is 12.4. The molecule has 0 unspecified atom stereocenters. The van der Waals surface area contributed by atoms with Crippen molar-refractivity contribution in [1.82, 2.24) is 23.3 Å². The number of hydrogen-bond acceptors (Lipinski definition) is 1. The topological polar surface area (TPSA) is 32.6 Å². The van der Waals surface area contributed by atoms with Gasteiger partial charge in [-0.3, -0.25) is 4.57 Å². The van der Waals surface area contributed by atoms with E-state index in [2.05, 4.69) is 231 Å². The van der Waals surface area contributed by atoms with Crippen molar-refractivity contribution in [3.8, 4) is 34.1 Å². The number of imidazole rings is 1. The van der Waals surface area contributed by atoms with Crippen molar-refractivity contribution in [1.29, 1.82) is 0 Å². The number of rotatable bonds is 5. The van der Waals surface area contributed by atoms with Crippen LogP contribution in [-0.4, -0.2) is 23.3 Å². The van der Waals surface area contributed by atoms with Crippen molar-refractivity contribution in [3.63, 3.8) is 0 Å². The van der Waals surface area contributed by atoms with Crippen LogP contribution in [0.3, 0.4) is 0 Å². The molecule has 0 atom stereocenters. The lowest BCUT2D eigenvalue weighted by molar-refractivity contribution is 1.10. The van der Waals surface area contributed by atoms with E-state index in [0.717, 1.165) is 50.7 Å². The normalized spacial score (nSPS) is 12.0. The van der Waals surface area contributed by atoms with Crippen molar-refractivity contribution in [2.24, 2.45) is 0 Å². The summed E-state index contributed by atoms with van der Waals surface area (Å²) in [6.45, 7) is 0. The van der Waals surface area contributed by atoms with Gasteiger partial charge in [0.1, 0.15) is 5.82 Å². The fraction of sp³-hybridized carbons (Fsp3) is 0. The maximum absolute atomic E-state index is 5.31. The lowest BCUT2D eigenvalue weighted by Crippen LogP contribution is -1.98. The zero-order valence-electron chi connectivity index (χ0n) is 32.4. The summed E-state index contributed by atoms with van der Waals surface area (Å²) in [5.74, 6) is 0.925. The van der Waals surface area contributed by atoms with E-state index in [4.69, 9.17) is 4.98 Å². The molecule has 4 heterocycles. The van der Waals surface area contributed by atoms with Crippen LogP contribution in [0.2, 0.25) is 0 Å². The Morgan fingerprint density at radius 3 is 1.20 bits per heavy atom. The Labute approximate surface area is 344 Å². The van der Waals surface area contributed by atoms with Gasteiger partial charge in [-0.15, -0.1) is 0 Å². The van der Waals surface area contributed by atoms with Crippen molar-refractivity contribution in [3.05, 3.63) is 212 Å². The number of fused-ring (bicyclic) bond motifs is 11. The predicted molar refractivity (Wildman–Crippen MR) is 250 cm³/mol. The van der Waals surface area contributed by atoms with Crippen LogP contribution in [0.5, 0.6) is 0 Å². The lowest BCUT2D eigenvalue weighted by Gasteiger charge is -2.12. The number of hydrogen-bond donors (Lipinski definition) is 0. The Morgan fingerprint density at radius 1 is 0.267 bits per heavy atom. The van der Waals surface area contributed by atoms with E-state index in [-0.39, 0.29) is 0 Å². The van der Waals surface area contributed by atoms with Crippen LogP contribution in [0, 0.1) is 0 Å².